The van der Waals surface area contributed by atoms with Crippen LogP contribution in [-0.4, -0.2) is 45.8 Å². The molecule has 2 aromatic carbocycles. The van der Waals surface area contributed by atoms with Crippen LogP contribution in [0.3, 0.4) is 0 Å². The maximum absolute atomic E-state index is 11.7. The van der Waals surface area contributed by atoms with E-state index in [0.717, 1.165) is 22.2 Å². The van der Waals surface area contributed by atoms with Gasteiger partial charge in [0.25, 0.3) is 0 Å². The van der Waals surface area contributed by atoms with Crippen LogP contribution < -0.4 is 10.1 Å². The van der Waals surface area contributed by atoms with E-state index in [-0.39, 0.29) is 12.5 Å². The third-order valence-electron chi connectivity index (χ3n) is 4.22. The molecule has 1 N–H and O–H groups in total. The summed E-state index contributed by atoms with van der Waals surface area (Å²) in [4.78, 5) is 21.0. The fourth-order valence-electron chi connectivity index (χ4n) is 2.90. The number of esters is 1. The highest BCUT2D eigenvalue weighted by Crippen LogP contribution is 2.25. The topological polar surface area (TPSA) is 90.6 Å². The molecule has 0 spiro atoms. The van der Waals surface area contributed by atoms with Gasteiger partial charge < -0.3 is 14.8 Å². The highest BCUT2D eigenvalue weighted by Gasteiger charge is 2.15. The van der Waals surface area contributed by atoms with Gasteiger partial charge in [-0.05, 0) is 43.3 Å². The number of carbonyl (C=O) groups is 1. The lowest BCUT2D eigenvalue weighted by atomic mass is 10.2. The highest BCUT2D eigenvalue weighted by molar-refractivity contribution is 5.93. The molecule has 0 saturated heterocycles. The van der Waals surface area contributed by atoms with Crippen molar-refractivity contribution >= 4 is 28.5 Å². The number of benzene rings is 2. The van der Waals surface area contributed by atoms with Crippen LogP contribution >= 0.6 is 0 Å². The summed E-state index contributed by atoms with van der Waals surface area (Å²) in [5, 5.41) is 8.47. The summed E-state index contributed by atoms with van der Waals surface area (Å²) >= 11 is 0. The van der Waals surface area contributed by atoms with Crippen LogP contribution in [0, 0.1) is 0 Å². The first-order chi connectivity index (χ1) is 13.7. The van der Waals surface area contributed by atoms with Crippen molar-refractivity contribution in [2.45, 2.75) is 6.92 Å². The Morgan fingerprint density at radius 3 is 2.64 bits per heavy atom. The maximum atomic E-state index is 11.7. The monoisotopic (exact) mass is 377 g/mol. The summed E-state index contributed by atoms with van der Waals surface area (Å²) in [5.74, 6) is 1.38. The van der Waals surface area contributed by atoms with Crippen molar-refractivity contribution < 1.29 is 14.3 Å². The molecule has 8 heteroatoms. The molecule has 142 valence electrons. The Kier molecular flexibility index (Phi) is 4.76. The lowest BCUT2D eigenvalue weighted by Crippen LogP contribution is -2.19. The third-order valence-corrected chi connectivity index (χ3v) is 4.22. The van der Waals surface area contributed by atoms with Gasteiger partial charge in [-0.2, -0.15) is 4.52 Å². The average Bonchev–Trinajstić information content (AvgIpc) is 3.18. The molecule has 4 rings (SSSR count). The largest absolute Gasteiger partial charge is 0.497 e. The molecule has 0 aliphatic heterocycles. The van der Waals surface area contributed by atoms with Crippen LogP contribution in [0.4, 0.5) is 5.95 Å². The van der Waals surface area contributed by atoms with E-state index < -0.39 is 0 Å². The van der Waals surface area contributed by atoms with Gasteiger partial charge in [0.2, 0.25) is 5.95 Å². The minimum atomic E-state index is -0.360. The van der Waals surface area contributed by atoms with Gasteiger partial charge in [0.1, 0.15) is 12.3 Å². The van der Waals surface area contributed by atoms with Gasteiger partial charge in [-0.1, -0.05) is 12.1 Å². The van der Waals surface area contributed by atoms with E-state index in [1.807, 2.05) is 48.5 Å². The second-order valence-electron chi connectivity index (χ2n) is 6.01. The minimum absolute atomic E-state index is 0.00793. The molecule has 0 bridgehead atoms. The first-order valence-electron chi connectivity index (χ1n) is 8.89. The Labute approximate surface area is 161 Å². The first-order valence-corrected chi connectivity index (χ1v) is 8.89. The Morgan fingerprint density at radius 2 is 1.89 bits per heavy atom. The molecule has 0 unspecified atom stereocenters. The SMILES string of the molecule is CCOC(=O)CNc1nc2ccccc2c2nc(-c3ccc(OC)cc3)nn12. The molecule has 0 amide bonds. The van der Waals surface area contributed by atoms with E-state index in [2.05, 4.69) is 15.4 Å². The minimum Gasteiger partial charge on any atom is -0.497 e. The van der Waals surface area contributed by atoms with Crippen molar-refractivity contribution in [1.29, 1.82) is 0 Å². The zero-order chi connectivity index (χ0) is 19.5. The molecule has 0 atom stereocenters. The second kappa shape index (κ2) is 7.51. The molecule has 0 aliphatic rings. The number of anilines is 1. The number of nitrogens with one attached hydrogen (secondary N) is 1. The lowest BCUT2D eigenvalue weighted by molar-refractivity contribution is -0.140. The molecule has 0 fully saturated rings. The predicted molar refractivity (Wildman–Crippen MR) is 105 cm³/mol. The van der Waals surface area contributed by atoms with Gasteiger partial charge in [0, 0.05) is 10.9 Å². The molecular weight excluding hydrogens is 358 g/mol. The Morgan fingerprint density at radius 1 is 1.11 bits per heavy atom. The van der Waals surface area contributed by atoms with Crippen molar-refractivity contribution in [3.8, 4) is 17.1 Å². The summed E-state index contributed by atoms with van der Waals surface area (Å²) in [7, 11) is 1.62. The van der Waals surface area contributed by atoms with Gasteiger partial charge in [-0.25, -0.2) is 9.97 Å². The van der Waals surface area contributed by atoms with E-state index in [9.17, 15) is 4.79 Å². The molecule has 8 nitrogen and oxygen atoms in total. The molecular formula is C20H19N5O3. The van der Waals surface area contributed by atoms with E-state index in [1.54, 1.807) is 18.5 Å². The lowest BCUT2D eigenvalue weighted by Gasteiger charge is -2.08. The molecule has 28 heavy (non-hydrogen) atoms. The summed E-state index contributed by atoms with van der Waals surface area (Å²) < 4.78 is 11.8. The molecule has 0 radical (unpaired) electrons. The number of hydrogen-bond donors (Lipinski definition) is 1. The van der Waals surface area contributed by atoms with E-state index in [1.165, 1.54) is 0 Å². The Hall–Kier alpha value is -3.68. The van der Waals surface area contributed by atoms with Crippen LogP contribution in [0.25, 0.3) is 27.9 Å². The fraction of sp³-hybridized carbons (Fsp3) is 0.200. The van der Waals surface area contributed by atoms with Crippen LogP contribution in [-0.2, 0) is 9.53 Å². The smallest absolute Gasteiger partial charge is 0.325 e. The molecule has 4 aromatic rings. The molecule has 0 aliphatic carbocycles. The Balaban J connectivity index is 1.80. The van der Waals surface area contributed by atoms with Crippen LogP contribution in [0.5, 0.6) is 5.75 Å². The average molecular weight is 377 g/mol. The van der Waals surface area contributed by atoms with Crippen molar-refractivity contribution in [2.75, 3.05) is 25.6 Å². The molecule has 0 saturated carbocycles. The predicted octanol–water partition coefficient (Wildman–Crippen LogP) is 2.93. The van der Waals surface area contributed by atoms with Crippen molar-refractivity contribution in [1.82, 2.24) is 19.6 Å². The maximum Gasteiger partial charge on any atom is 0.325 e. The number of ether oxygens (including phenoxy) is 2. The summed E-state index contributed by atoms with van der Waals surface area (Å²) in [5.41, 5.74) is 2.27. The van der Waals surface area contributed by atoms with E-state index in [0.29, 0.717) is 24.0 Å². The van der Waals surface area contributed by atoms with Gasteiger partial charge >= 0.3 is 5.97 Å². The number of methoxy groups -OCH3 is 1. The van der Waals surface area contributed by atoms with E-state index >= 15 is 0 Å². The number of rotatable bonds is 6. The highest BCUT2D eigenvalue weighted by atomic mass is 16.5. The van der Waals surface area contributed by atoms with Crippen molar-refractivity contribution in [3.05, 3.63) is 48.5 Å². The second-order valence-corrected chi connectivity index (χ2v) is 6.01. The number of nitrogens with zero attached hydrogens (tertiary/aromatic N) is 4. The molecule has 2 heterocycles. The third kappa shape index (κ3) is 3.32. The van der Waals surface area contributed by atoms with Gasteiger partial charge in [-0.3, -0.25) is 4.79 Å². The zero-order valence-electron chi connectivity index (χ0n) is 15.5. The number of hydrogen-bond acceptors (Lipinski definition) is 7. The van der Waals surface area contributed by atoms with Gasteiger partial charge in [-0.15, -0.1) is 5.10 Å². The summed E-state index contributed by atoms with van der Waals surface area (Å²) in [6.45, 7) is 2.08. The van der Waals surface area contributed by atoms with Crippen molar-refractivity contribution in [3.63, 3.8) is 0 Å². The standard InChI is InChI=1S/C20H19N5O3/c1-3-28-17(26)12-21-20-22-16-7-5-4-6-15(16)19-23-18(24-25(19)20)13-8-10-14(27-2)11-9-13/h4-11H,3,12H2,1-2H3,(H,21,22). The quantitative estimate of drug-likeness (QED) is 0.517. The van der Waals surface area contributed by atoms with E-state index in [4.69, 9.17) is 14.5 Å². The summed E-state index contributed by atoms with van der Waals surface area (Å²) in [6, 6.07) is 15.2. The van der Waals surface area contributed by atoms with Crippen LogP contribution in [0.1, 0.15) is 6.92 Å². The normalized spacial score (nSPS) is 10.9. The number of carbonyl (C=O) groups excluding carboxylic acids is 1. The molecule has 2 aromatic heterocycles. The Bertz CT molecular complexity index is 1140. The van der Waals surface area contributed by atoms with Crippen molar-refractivity contribution in [2.24, 2.45) is 0 Å². The summed E-state index contributed by atoms with van der Waals surface area (Å²) in [6.07, 6.45) is 0. The van der Waals surface area contributed by atoms with Crippen LogP contribution in [0.2, 0.25) is 0 Å². The number of para-hydroxylation sites is 1. The van der Waals surface area contributed by atoms with Gasteiger partial charge in [0.15, 0.2) is 11.5 Å². The van der Waals surface area contributed by atoms with Crippen LogP contribution in [0.15, 0.2) is 48.5 Å². The fourth-order valence-corrected chi connectivity index (χ4v) is 2.90. The first kappa shape index (κ1) is 17.7. The number of fused-ring (bicyclic) bond motifs is 3. The van der Waals surface area contributed by atoms with Gasteiger partial charge in [0.05, 0.1) is 19.2 Å². The number of aromatic nitrogens is 4. The zero-order valence-corrected chi connectivity index (χ0v) is 15.5.